The monoisotopic (exact) mass is 368 g/mol. The number of hydrogen-bond donors (Lipinski definition) is 3. The number of phenols is 2. The summed E-state index contributed by atoms with van der Waals surface area (Å²) in [5.74, 6) is -0.256. The van der Waals surface area contributed by atoms with Crippen molar-refractivity contribution in [1.29, 1.82) is 0 Å². The first-order valence-electron chi connectivity index (χ1n) is 6.67. The summed E-state index contributed by atoms with van der Waals surface area (Å²) in [5.41, 5.74) is 3.08. The summed E-state index contributed by atoms with van der Waals surface area (Å²) in [6, 6.07) is 11.8. The molecule has 21 heavy (non-hydrogen) atoms. The number of benzene rings is 2. The van der Waals surface area contributed by atoms with Crippen LogP contribution in [0.15, 0.2) is 36.4 Å². The van der Waals surface area contributed by atoms with E-state index < -0.39 is 0 Å². The fraction of sp³-hybridized carbons (Fsp3) is 0.250. The Hall–Kier alpha value is -1.23. The molecule has 0 radical (unpaired) electrons. The second-order valence-corrected chi connectivity index (χ2v) is 5.42. The maximum absolute atomic E-state index is 9.86. The van der Waals surface area contributed by atoms with Crippen LogP contribution in [-0.4, -0.2) is 23.3 Å². The third-order valence-electron chi connectivity index (χ3n) is 3.83. The van der Waals surface area contributed by atoms with Gasteiger partial charge in [-0.2, -0.15) is 0 Å². The van der Waals surface area contributed by atoms with Gasteiger partial charge in [0.1, 0.15) is 0 Å². The quantitative estimate of drug-likeness (QED) is 0.622. The molecule has 3 nitrogen and oxygen atoms in total. The molecule has 1 atom stereocenters. The van der Waals surface area contributed by atoms with Gasteiger partial charge < -0.3 is 32.5 Å². The highest BCUT2D eigenvalue weighted by Crippen LogP contribution is 2.42. The molecule has 1 heterocycles. The maximum Gasteiger partial charge on any atom is 0.176 e. The Morgan fingerprint density at radius 1 is 1.14 bits per heavy atom. The van der Waals surface area contributed by atoms with E-state index in [2.05, 4.69) is 17.4 Å². The molecule has 0 amide bonds. The van der Waals surface area contributed by atoms with Crippen LogP contribution in [0.1, 0.15) is 22.6 Å². The van der Waals surface area contributed by atoms with Gasteiger partial charge in [-0.15, -0.1) is 0 Å². The molecule has 3 rings (SSSR count). The molecule has 5 heteroatoms. The van der Waals surface area contributed by atoms with Crippen molar-refractivity contribution in [3.8, 4) is 11.5 Å². The Morgan fingerprint density at radius 2 is 1.86 bits per heavy atom. The molecule has 0 saturated carbocycles. The van der Waals surface area contributed by atoms with Gasteiger partial charge in [0.15, 0.2) is 11.5 Å². The average molecular weight is 370 g/mol. The van der Waals surface area contributed by atoms with Gasteiger partial charge in [-0.25, -0.2) is 0 Å². The second kappa shape index (κ2) is 6.69. The Kier molecular flexibility index (Phi) is 5.14. The number of nitrogens with one attached hydrogen (secondary N) is 1. The number of rotatable bonds is 1. The third kappa shape index (κ3) is 3.03. The molecule has 0 aromatic heterocycles. The van der Waals surface area contributed by atoms with Gasteiger partial charge >= 0.3 is 0 Å². The molecule has 1 aliphatic heterocycles. The smallest absolute Gasteiger partial charge is 0.176 e. The van der Waals surface area contributed by atoms with Crippen molar-refractivity contribution in [1.82, 2.24) is 5.32 Å². The lowest BCUT2D eigenvalue weighted by Crippen LogP contribution is -3.00. The van der Waals surface area contributed by atoms with E-state index >= 15 is 0 Å². The lowest BCUT2D eigenvalue weighted by Gasteiger charge is -2.20. The Balaban J connectivity index is 0.00000161. The minimum absolute atomic E-state index is 0. The van der Waals surface area contributed by atoms with Crippen molar-refractivity contribution in [2.75, 3.05) is 13.1 Å². The second-order valence-electron chi connectivity index (χ2n) is 5.04. The normalized spacial score (nSPS) is 17.5. The third-order valence-corrected chi connectivity index (χ3v) is 4.24. The molecule has 1 unspecified atom stereocenters. The van der Waals surface area contributed by atoms with Crippen molar-refractivity contribution < 1.29 is 27.2 Å². The van der Waals surface area contributed by atoms with Gasteiger partial charge in [0.2, 0.25) is 0 Å². The van der Waals surface area contributed by atoms with E-state index in [0.717, 1.165) is 30.6 Å². The van der Waals surface area contributed by atoms with Gasteiger partial charge in [0.25, 0.3) is 0 Å². The first-order valence-corrected chi connectivity index (χ1v) is 7.05. The molecule has 0 fully saturated rings. The molecule has 0 bridgehead atoms. The van der Waals surface area contributed by atoms with Crippen LogP contribution in [-0.2, 0) is 6.42 Å². The molecule has 3 N–H and O–H groups in total. The number of phenolic OH excluding ortho intramolecular Hbond substituents is 2. The van der Waals surface area contributed by atoms with E-state index in [4.69, 9.17) is 11.6 Å². The number of aromatic hydroxyl groups is 2. The highest BCUT2D eigenvalue weighted by Gasteiger charge is 2.25. The molecule has 2 aromatic rings. The van der Waals surface area contributed by atoms with E-state index in [1.54, 1.807) is 6.07 Å². The van der Waals surface area contributed by atoms with Crippen molar-refractivity contribution in [2.24, 2.45) is 0 Å². The zero-order valence-corrected chi connectivity index (χ0v) is 13.7. The zero-order valence-electron chi connectivity index (χ0n) is 11.3. The topological polar surface area (TPSA) is 52.5 Å². The van der Waals surface area contributed by atoms with Crippen LogP contribution in [0.4, 0.5) is 0 Å². The van der Waals surface area contributed by atoms with Crippen LogP contribution in [0.5, 0.6) is 11.5 Å². The van der Waals surface area contributed by atoms with Crippen LogP contribution in [0.3, 0.4) is 0 Å². The molecular formula is C16H16BrClNO2-. The molecule has 0 aliphatic carbocycles. The first-order chi connectivity index (χ1) is 9.68. The molecular weight excluding hydrogens is 354 g/mol. The lowest BCUT2D eigenvalue weighted by molar-refractivity contribution is -0.00000568. The van der Waals surface area contributed by atoms with Gasteiger partial charge in [-0.1, -0.05) is 41.9 Å². The SMILES string of the molecule is Oc1cc2c(c(Cl)c1O)CCNCC2c1ccccc1.[Br-]. The zero-order chi connectivity index (χ0) is 14.1. The molecule has 0 saturated heterocycles. The Labute approximate surface area is 139 Å². The van der Waals surface area contributed by atoms with Crippen molar-refractivity contribution >= 4 is 11.6 Å². The Bertz CT molecular complexity index is 634. The molecule has 2 aromatic carbocycles. The van der Waals surface area contributed by atoms with Gasteiger partial charge in [0.05, 0.1) is 5.02 Å². The van der Waals surface area contributed by atoms with Crippen LogP contribution < -0.4 is 22.3 Å². The molecule has 0 spiro atoms. The fourth-order valence-electron chi connectivity index (χ4n) is 2.80. The highest BCUT2D eigenvalue weighted by atomic mass is 79.9. The van der Waals surface area contributed by atoms with Crippen molar-refractivity contribution in [2.45, 2.75) is 12.3 Å². The predicted octanol–water partition coefficient (Wildman–Crippen LogP) is 0.0328. The van der Waals surface area contributed by atoms with Gasteiger partial charge in [-0.05, 0) is 35.7 Å². The van der Waals surface area contributed by atoms with E-state index in [0.29, 0.717) is 0 Å². The number of hydrogen-bond acceptors (Lipinski definition) is 3. The largest absolute Gasteiger partial charge is 1.00 e. The molecule has 1 aliphatic rings. The number of halogens is 2. The summed E-state index contributed by atoms with van der Waals surface area (Å²) in [6.07, 6.45) is 0.741. The summed E-state index contributed by atoms with van der Waals surface area (Å²) in [6.45, 7) is 1.60. The average Bonchev–Trinajstić information content (AvgIpc) is 2.68. The lowest BCUT2D eigenvalue weighted by atomic mass is 9.87. The number of fused-ring (bicyclic) bond motifs is 1. The van der Waals surface area contributed by atoms with Gasteiger partial charge in [0, 0.05) is 12.5 Å². The van der Waals surface area contributed by atoms with E-state index in [1.807, 2.05) is 18.2 Å². The van der Waals surface area contributed by atoms with Gasteiger partial charge in [-0.3, -0.25) is 0 Å². The summed E-state index contributed by atoms with van der Waals surface area (Å²) in [5, 5.41) is 23.3. The van der Waals surface area contributed by atoms with Crippen LogP contribution in [0.2, 0.25) is 5.02 Å². The van der Waals surface area contributed by atoms with Crippen LogP contribution in [0.25, 0.3) is 0 Å². The minimum atomic E-state index is -0.223. The first kappa shape index (κ1) is 16.1. The predicted molar refractivity (Wildman–Crippen MR) is 79.6 cm³/mol. The summed E-state index contributed by atoms with van der Waals surface area (Å²) >= 11 is 6.20. The fourth-order valence-corrected chi connectivity index (χ4v) is 3.10. The summed E-state index contributed by atoms with van der Waals surface area (Å²) < 4.78 is 0. The standard InChI is InChI=1S/C16H16ClNO2.BrH/c17-15-11-6-7-18-9-13(10-4-2-1-3-5-10)12(11)8-14(19)16(15)20;/h1-5,8,13,18-20H,6-7,9H2;1H/p-1. The van der Waals surface area contributed by atoms with Crippen LogP contribution in [0, 0.1) is 0 Å². The Morgan fingerprint density at radius 3 is 2.57 bits per heavy atom. The highest BCUT2D eigenvalue weighted by molar-refractivity contribution is 6.33. The minimum Gasteiger partial charge on any atom is -1.00 e. The molecule has 112 valence electrons. The van der Waals surface area contributed by atoms with Crippen molar-refractivity contribution in [3.63, 3.8) is 0 Å². The van der Waals surface area contributed by atoms with Crippen LogP contribution >= 0.6 is 11.6 Å². The maximum atomic E-state index is 9.86. The summed E-state index contributed by atoms with van der Waals surface area (Å²) in [4.78, 5) is 0. The summed E-state index contributed by atoms with van der Waals surface area (Å²) in [7, 11) is 0. The van der Waals surface area contributed by atoms with Crippen molar-refractivity contribution in [3.05, 3.63) is 58.1 Å². The van der Waals surface area contributed by atoms with E-state index in [9.17, 15) is 10.2 Å². The van der Waals surface area contributed by atoms with E-state index in [1.165, 1.54) is 5.56 Å². The van der Waals surface area contributed by atoms with E-state index in [-0.39, 0.29) is 39.4 Å².